The van der Waals surface area contributed by atoms with E-state index in [2.05, 4.69) is 13.8 Å². The molecule has 0 aromatic heterocycles. The SMILES string of the molecule is CCCCCC[CH]OCCCCCCCCCC. The highest BCUT2D eigenvalue weighted by Crippen LogP contribution is 2.09. The summed E-state index contributed by atoms with van der Waals surface area (Å²) in [6, 6.07) is 0. The predicted octanol–water partition coefficient (Wildman–Crippen LogP) is 6.28. The Labute approximate surface area is 116 Å². The van der Waals surface area contributed by atoms with E-state index in [9.17, 15) is 0 Å². The van der Waals surface area contributed by atoms with Crippen LogP contribution in [0.5, 0.6) is 0 Å². The van der Waals surface area contributed by atoms with Gasteiger partial charge in [-0.1, -0.05) is 84.5 Å². The Morgan fingerprint density at radius 1 is 0.611 bits per heavy atom. The molecule has 18 heavy (non-hydrogen) atoms. The molecule has 0 fully saturated rings. The lowest BCUT2D eigenvalue weighted by molar-refractivity contribution is 0.183. The van der Waals surface area contributed by atoms with E-state index in [1.165, 1.54) is 77.0 Å². The fraction of sp³-hybridized carbons (Fsp3) is 0.941. The van der Waals surface area contributed by atoms with Gasteiger partial charge in [0.05, 0.1) is 6.61 Å². The van der Waals surface area contributed by atoms with Gasteiger partial charge in [-0.15, -0.1) is 0 Å². The summed E-state index contributed by atoms with van der Waals surface area (Å²) in [6.45, 7) is 7.48. The fourth-order valence-corrected chi connectivity index (χ4v) is 2.14. The number of ether oxygens (including phenoxy) is 1. The van der Waals surface area contributed by atoms with Crippen molar-refractivity contribution in [1.29, 1.82) is 0 Å². The number of hydrogen-bond acceptors (Lipinski definition) is 1. The first-order chi connectivity index (χ1) is 8.91. The zero-order valence-corrected chi connectivity index (χ0v) is 12.9. The lowest BCUT2D eigenvalue weighted by atomic mass is 10.1. The smallest absolute Gasteiger partial charge is 0.0836 e. The molecule has 0 saturated heterocycles. The van der Waals surface area contributed by atoms with E-state index in [-0.39, 0.29) is 0 Å². The van der Waals surface area contributed by atoms with Gasteiger partial charge in [0.1, 0.15) is 0 Å². The van der Waals surface area contributed by atoms with Gasteiger partial charge in [-0.2, -0.15) is 0 Å². The van der Waals surface area contributed by atoms with Crippen molar-refractivity contribution in [3.8, 4) is 0 Å². The molecule has 1 radical (unpaired) electrons. The molecule has 0 N–H and O–H groups in total. The molecule has 0 saturated carbocycles. The van der Waals surface area contributed by atoms with E-state index in [4.69, 9.17) is 4.74 Å². The van der Waals surface area contributed by atoms with Crippen molar-refractivity contribution in [1.82, 2.24) is 0 Å². The Morgan fingerprint density at radius 3 is 1.72 bits per heavy atom. The largest absolute Gasteiger partial charge is 0.376 e. The minimum absolute atomic E-state index is 0.933. The number of hydrogen-bond donors (Lipinski definition) is 0. The van der Waals surface area contributed by atoms with E-state index in [0.29, 0.717) is 0 Å². The van der Waals surface area contributed by atoms with Crippen molar-refractivity contribution < 1.29 is 4.74 Å². The summed E-state index contributed by atoms with van der Waals surface area (Å²) in [5.74, 6) is 0. The molecule has 0 amide bonds. The van der Waals surface area contributed by atoms with Gasteiger partial charge in [-0.05, 0) is 12.8 Å². The third kappa shape index (κ3) is 16.0. The zero-order chi connectivity index (χ0) is 13.3. The van der Waals surface area contributed by atoms with Crippen LogP contribution >= 0.6 is 0 Å². The molecule has 0 heterocycles. The summed E-state index contributed by atoms with van der Waals surface area (Å²) < 4.78 is 5.53. The van der Waals surface area contributed by atoms with E-state index in [1.54, 1.807) is 0 Å². The first kappa shape index (κ1) is 18.0. The van der Waals surface area contributed by atoms with Crippen LogP contribution in [0.25, 0.3) is 0 Å². The Hall–Kier alpha value is -0.0400. The normalized spacial score (nSPS) is 11.0. The Morgan fingerprint density at radius 2 is 1.11 bits per heavy atom. The summed E-state index contributed by atoms with van der Waals surface area (Å²) >= 11 is 0. The zero-order valence-electron chi connectivity index (χ0n) is 12.9. The minimum Gasteiger partial charge on any atom is -0.376 e. The lowest BCUT2D eigenvalue weighted by Gasteiger charge is -2.04. The molecule has 1 nitrogen and oxygen atoms in total. The molecule has 0 atom stereocenters. The highest BCUT2D eigenvalue weighted by Gasteiger charge is 1.93. The van der Waals surface area contributed by atoms with Gasteiger partial charge in [-0.25, -0.2) is 0 Å². The number of rotatable bonds is 15. The van der Waals surface area contributed by atoms with Gasteiger partial charge in [0, 0.05) is 6.61 Å². The average molecular weight is 255 g/mol. The van der Waals surface area contributed by atoms with Crippen LogP contribution in [-0.4, -0.2) is 6.61 Å². The van der Waals surface area contributed by atoms with Crippen molar-refractivity contribution >= 4 is 0 Å². The molecule has 0 spiro atoms. The molecule has 0 aliphatic rings. The van der Waals surface area contributed by atoms with E-state index in [1.807, 2.05) is 6.61 Å². The highest BCUT2D eigenvalue weighted by atomic mass is 16.5. The molecular formula is C17H35O. The molecule has 0 aromatic rings. The van der Waals surface area contributed by atoms with E-state index >= 15 is 0 Å². The van der Waals surface area contributed by atoms with Crippen molar-refractivity contribution in [2.45, 2.75) is 97.3 Å². The van der Waals surface area contributed by atoms with Crippen molar-refractivity contribution in [2.75, 3.05) is 6.61 Å². The molecule has 0 bridgehead atoms. The molecule has 109 valence electrons. The summed E-state index contributed by atoms with van der Waals surface area (Å²) in [4.78, 5) is 0. The van der Waals surface area contributed by atoms with Crippen LogP contribution in [0, 0.1) is 6.61 Å². The van der Waals surface area contributed by atoms with Crippen LogP contribution in [0.15, 0.2) is 0 Å². The molecule has 1 heteroatoms. The van der Waals surface area contributed by atoms with Crippen LogP contribution in [0.2, 0.25) is 0 Å². The Bertz CT molecular complexity index is 118. The lowest BCUT2D eigenvalue weighted by Crippen LogP contribution is -1.92. The van der Waals surface area contributed by atoms with Crippen molar-refractivity contribution in [2.24, 2.45) is 0 Å². The van der Waals surface area contributed by atoms with Gasteiger partial charge >= 0.3 is 0 Å². The van der Waals surface area contributed by atoms with Crippen LogP contribution in [-0.2, 0) is 4.74 Å². The molecule has 0 aliphatic carbocycles. The van der Waals surface area contributed by atoms with Gasteiger partial charge in [0.15, 0.2) is 0 Å². The predicted molar refractivity (Wildman–Crippen MR) is 81.6 cm³/mol. The Kier molecular flexibility index (Phi) is 16.9. The standard InChI is InChI=1S/C17H35O/c1-3-5-7-9-10-11-13-15-17-18-16-14-12-8-6-4-2/h16H,3-15,17H2,1-2H3. The maximum absolute atomic E-state index is 5.53. The highest BCUT2D eigenvalue weighted by molar-refractivity contribution is 4.52. The first-order valence-electron chi connectivity index (χ1n) is 8.35. The van der Waals surface area contributed by atoms with Crippen LogP contribution in [0.1, 0.15) is 97.3 Å². The molecule has 0 aromatic carbocycles. The average Bonchev–Trinajstić information content (AvgIpc) is 2.39. The molecule has 0 rings (SSSR count). The second kappa shape index (κ2) is 17.0. The van der Waals surface area contributed by atoms with E-state index < -0.39 is 0 Å². The summed E-state index contributed by atoms with van der Waals surface area (Å²) in [5.41, 5.74) is 0. The second-order valence-electron chi connectivity index (χ2n) is 5.36. The molecule has 0 aliphatic heterocycles. The van der Waals surface area contributed by atoms with Gasteiger partial charge in [0.2, 0.25) is 0 Å². The van der Waals surface area contributed by atoms with Crippen LogP contribution in [0.4, 0.5) is 0 Å². The third-order valence-corrected chi connectivity index (χ3v) is 3.41. The molecular weight excluding hydrogens is 220 g/mol. The number of unbranched alkanes of at least 4 members (excludes halogenated alkanes) is 11. The maximum Gasteiger partial charge on any atom is 0.0836 e. The quantitative estimate of drug-likeness (QED) is 0.313. The van der Waals surface area contributed by atoms with Gasteiger partial charge in [-0.3, -0.25) is 0 Å². The Balaban J connectivity index is 2.86. The topological polar surface area (TPSA) is 9.23 Å². The molecule has 0 unspecified atom stereocenters. The van der Waals surface area contributed by atoms with Crippen LogP contribution in [0.3, 0.4) is 0 Å². The van der Waals surface area contributed by atoms with Gasteiger partial charge < -0.3 is 4.74 Å². The monoisotopic (exact) mass is 255 g/mol. The minimum atomic E-state index is 0.933. The second-order valence-corrected chi connectivity index (χ2v) is 5.36. The van der Waals surface area contributed by atoms with Crippen molar-refractivity contribution in [3.05, 3.63) is 6.61 Å². The first-order valence-corrected chi connectivity index (χ1v) is 8.35. The van der Waals surface area contributed by atoms with Crippen molar-refractivity contribution in [3.63, 3.8) is 0 Å². The third-order valence-electron chi connectivity index (χ3n) is 3.41. The van der Waals surface area contributed by atoms with Gasteiger partial charge in [0.25, 0.3) is 0 Å². The van der Waals surface area contributed by atoms with Crippen LogP contribution < -0.4 is 0 Å². The fourth-order valence-electron chi connectivity index (χ4n) is 2.14. The summed E-state index contributed by atoms with van der Waals surface area (Å²) in [7, 11) is 0. The van der Waals surface area contributed by atoms with E-state index in [0.717, 1.165) is 13.0 Å². The summed E-state index contributed by atoms with van der Waals surface area (Å²) in [5, 5.41) is 0. The maximum atomic E-state index is 5.53. The summed E-state index contributed by atoms with van der Waals surface area (Å²) in [6.07, 6.45) is 17.5.